The van der Waals surface area contributed by atoms with Gasteiger partial charge in [0.2, 0.25) is 0 Å². The molecule has 1 aromatic carbocycles. The number of aryl methyl sites for hydroxylation is 1. The summed E-state index contributed by atoms with van der Waals surface area (Å²) in [7, 11) is 0. The fourth-order valence-corrected chi connectivity index (χ4v) is 1.61. The number of carbonyl (C=O) groups is 1. The number of benzene rings is 1. The average molecular weight is 214 g/mol. The highest BCUT2D eigenvalue weighted by Gasteiger charge is 2.07. The second-order valence-electron chi connectivity index (χ2n) is 3.55. The Balaban J connectivity index is 2.18. The molecule has 2 aromatic rings. The van der Waals surface area contributed by atoms with Crippen LogP contribution in [0.5, 0.6) is 0 Å². The van der Waals surface area contributed by atoms with E-state index in [1.807, 2.05) is 24.3 Å². The van der Waals surface area contributed by atoms with Gasteiger partial charge in [0, 0.05) is 11.9 Å². The third-order valence-electron chi connectivity index (χ3n) is 2.49. The van der Waals surface area contributed by atoms with E-state index in [0.29, 0.717) is 5.69 Å². The third kappa shape index (κ3) is 2.14. The Morgan fingerprint density at radius 1 is 1.25 bits per heavy atom. The molecule has 1 heterocycles. The second kappa shape index (κ2) is 4.66. The number of rotatable bonds is 3. The van der Waals surface area contributed by atoms with Crippen LogP contribution in [0.3, 0.4) is 0 Å². The zero-order chi connectivity index (χ0) is 11.4. The van der Waals surface area contributed by atoms with Crippen molar-refractivity contribution in [3.05, 3.63) is 53.9 Å². The van der Waals surface area contributed by atoms with Crippen LogP contribution in [0.1, 0.15) is 23.0 Å². The van der Waals surface area contributed by atoms with Gasteiger partial charge in [0.1, 0.15) is 5.69 Å². The molecule has 2 N–H and O–H groups in total. The van der Waals surface area contributed by atoms with Crippen molar-refractivity contribution in [3.63, 3.8) is 0 Å². The largest absolute Gasteiger partial charge is 0.357 e. The maximum atomic E-state index is 11.8. The molecule has 16 heavy (non-hydrogen) atoms. The minimum Gasteiger partial charge on any atom is -0.357 e. The molecule has 0 bridgehead atoms. The van der Waals surface area contributed by atoms with Gasteiger partial charge in [0.05, 0.1) is 0 Å². The molecule has 82 valence electrons. The van der Waals surface area contributed by atoms with E-state index in [1.165, 1.54) is 0 Å². The minimum atomic E-state index is -0.106. The monoisotopic (exact) mass is 214 g/mol. The molecule has 2 rings (SSSR count). The number of hydrogen-bond donors (Lipinski definition) is 2. The molecule has 0 unspecified atom stereocenters. The SMILES string of the molecule is CCc1ccccc1NC(=O)c1ccc[nH]1. The lowest BCUT2D eigenvalue weighted by atomic mass is 10.1. The number of anilines is 1. The highest BCUT2D eigenvalue weighted by atomic mass is 16.1. The van der Waals surface area contributed by atoms with Crippen molar-refractivity contribution in [2.75, 3.05) is 5.32 Å². The molecular formula is C13H14N2O. The number of amides is 1. The summed E-state index contributed by atoms with van der Waals surface area (Å²) in [5, 5.41) is 2.89. The van der Waals surface area contributed by atoms with Crippen molar-refractivity contribution >= 4 is 11.6 Å². The van der Waals surface area contributed by atoms with Crippen molar-refractivity contribution < 1.29 is 4.79 Å². The van der Waals surface area contributed by atoms with Crippen LogP contribution in [0.2, 0.25) is 0 Å². The Bertz CT molecular complexity index is 474. The van der Waals surface area contributed by atoms with Crippen LogP contribution in [0.25, 0.3) is 0 Å². The average Bonchev–Trinajstić information content (AvgIpc) is 2.83. The molecule has 0 atom stereocenters. The van der Waals surface area contributed by atoms with Gasteiger partial charge in [-0.15, -0.1) is 0 Å². The molecule has 0 spiro atoms. The lowest BCUT2D eigenvalue weighted by molar-refractivity contribution is 0.102. The van der Waals surface area contributed by atoms with Crippen LogP contribution in [-0.4, -0.2) is 10.9 Å². The van der Waals surface area contributed by atoms with Crippen molar-refractivity contribution in [3.8, 4) is 0 Å². The Morgan fingerprint density at radius 2 is 2.06 bits per heavy atom. The van der Waals surface area contributed by atoms with Crippen LogP contribution >= 0.6 is 0 Å². The summed E-state index contributed by atoms with van der Waals surface area (Å²) in [6.45, 7) is 2.07. The molecule has 0 aliphatic rings. The molecule has 3 heteroatoms. The zero-order valence-electron chi connectivity index (χ0n) is 9.16. The van der Waals surface area contributed by atoms with E-state index in [1.54, 1.807) is 18.3 Å². The summed E-state index contributed by atoms with van der Waals surface area (Å²) in [6, 6.07) is 11.4. The number of aromatic nitrogens is 1. The van der Waals surface area contributed by atoms with Crippen molar-refractivity contribution in [1.82, 2.24) is 4.98 Å². The quantitative estimate of drug-likeness (QED) is 0.810. The minimum absolute atomic E-state index is 0.106. The highest BCUT2D eigenvalue weighted by Crippen LogP contribution is 2.16. The molecule has 1 amide bonds. The fraction of sp³-hybridized carbons (Fsp3) is 0.154. The van der Waals surface area contributed by atoms with Crippen molar-refractivity contribution in [1.29, 1.82) is 0 Å². The number of H-pyrrole nitrogens is 1. The van der Waals surface area contributed by atoms with E-state index in [9.17, 15) is 4.79 Å². The summed E-state index contributed by atoms with van der Waals surface area (Å²) < 4.78 is 0. The summed E-state index contributed by atoms with van der Waals surface area (Å²) >= 11 is 0. The van der Waals surface area contributed by atoms with E-state index in [2.05, 4.69) is 17.2 Å². The maximum absolute atomic E-state index is 11.8. The van der Waals surface area contributed by atoms with Gasteiger partial charge in [-0.1, -0.05) is 25.1 Å². The lowest BCUT2D eigenvalue weighted by Crippen LogP contribution is -2.13. The van der Waals surface area contributed by atoms with Gasteiger partial charge < -0.3 is 10.3 Å². The first-order chi connectivity index (χ1) is 7.81. The van der Waals surface area contributed by atoms with Crippen LogP contribution in [-0.2, 0) is 6.42 Å². The standard InChI is InChI=1S/C13H14N2O/c1-2-10-6-3-4-7-11(10)15-13(16)12-8-5-9-14-12/h3-9,14H,2H2,1H3,(H,15,16). The molecule has 1 aromatic heterocycles. The first-order valence-electron chi connectivity index (χ1n) is 5.34. The Kier molecular flexibility index (Phi) is 3.05. The van der Waals surface area contributed by atoms with E-state index in [4.69, 9.17) is 0 Å². The molecular weight excluding hydrogens is 200 g/mol. The van der Waals surface area contributed by atoms with Gasteiger partial charge in [0.15, 0.2) is 0 Å². The smallest absolute Gasteiger partial charge is 0.272 e. The highest BCUT2D eigenvalue weighted by molar-refractivity contribution is 6.03. The molecule has 3 nitrogen and oxygen atoms in total. The van der Waals surface area contributed by atoms with Crippen LogP contribution in [0, 0.1) is 0 Å². The fourth-order valence-electron chi connectivity index (χ4n) is 1.61. The molecule has 0 fully saturated rings. The summed E-state index contributed by atoms with van der Waals surface area (Å²) in [4.78, 5) is 14.7. The first-order valence-corrected chi connectivity index (χ1v) is 5.34. The van der Waals surface area contributed by atoms with Crippen molar-refractivity contribution in [2.45, 2.75) is 13.3 Å². The van der Waals surface area contributed by atoms with Gasteiger partial charge in [-0.25, -0.2) is 0 Å². The normalized spacial score (nSPS) is 10.1. The second-order valence-corrected chi connectivity index (χ2v) is 3.55. The first kappa shape index (κ1) is 10.5. The molecule has 0 radical (unpaired) electrons. The lowest BCUT2D eigenvalue weighted by Gasteiger charge is -2.08. The van der Waals surface area contributed by atoms with Crippen LogP contribution in [0.4, 0.5) is 5.69 Å². The third-order valence-corrected chi connectivity index (χ3v) is 2.49. The molecule has 0 aliphatic carbocycles. The summed E-state index contributed by atoms with van der Waals surface area (Å²) in [5.41, 5.74) is 2.60. The summed E-state index contributed by atoms with van der Waals surface area (Å²) in [5.74, 6) is -0.106. The van der Waals surface area contributed by atoms with Crippen molar-refractivity contribution in [2.24, 2.45) is 0 Å². The maximum Gasteiger partial charge on any atom is 0.272 e. The Morgan fingerprint density at radius 3 is 2.75 bits per heavy atom. The number of nitrogens with one attached hydrogen (secondary N) is 2. The van der Waals surface area contributed by atoms with Gasteiger partial charge in [0.25, 0.3) is 5.91 Å². The van der Waals surface area contributed by atoms with Crippen LogP contribution < -0.4 is 5.32 Å². The number of carbonyl (C=O) groups excluding carboxylic acids is 1. The predicted molar refractivity (Wildman–Crippen MR) is 64.6 cm³/mol. The number of aromatic amines is 1. The Labute approximate surface area is 94.5 Å². The van der Waals surface area contributed by atoms with Gasteiger partial charge >= 0.3 is 0 Å². The predicted octanol–water partition coefficient (Wildman–Crippen LogP) is 2.83. The van der Waals surface area contributed by atoms with E-state index in [-0.39, 0.29) is 5.91 Å². The number of para-hydroxylation sites is 1. The van der Waals surface area contributed by atoms with Crippen LogP contribution in [0.15, 0.2) is 42.6 Å². The zero-order valence-corrected chi connectivity index (χ0v) is 9.16. The summed E-state index contributed by atoms with van der Waals surface area (Å²) in [6.07, 6.45) is 2.64. The molecule has 0 saturated heterocycles. The van der Waals surface area contributed by atoms with Gasteiger partial charge in [-0.3, -0.25) is 4.79 Å². The van der Waals surface area contributed by atoms with E-state index >= 15 is 0 Å². The van der Waals surface area contributed by atoms with E-state index < -0.39 is 0 Å². The topological polar surface area (TPSA) is 44.9 Å². The molecule has 0 saturated carbocycles. The van der Waals surface area contributed by atoms with Gasteiger partial charge in [-0.05, 0) is 30.2 Å². The molecule has 0 aliphatic heterocycles. The van der Waals surface area contributed by atoms with E-state index in [0.717, 1.165) is 17.7 Å². The van der Waals surface area contributed by atoms with Gasteiger partial charge in [-0.2, -0.15) is 0 Å². The number of hydrogen-bond acceptors (Lipinski definition) is 1. The Hall–Kier alpha value is -2.03.